The Morgan fingerprint density at radius 1 is 0.911 bits per heavy atom. The quantitative estimate of drug-likeness (QED) is 0.202. The Labute approximate surface area is 272 Å². The molecular formula is C35H44ClN3O5S. The number of aryl methyl sites for hydroxylation is 1. The van der Waals surface area contributed by atoms with Crippen LogP contribution in [0.4, 0.5) is 0 Å². The molecule has 0 aliphatic carbocycles. The lowest BCUT2D eigenvalue weighted by atomic mass is 10.0. The minimum Gasteiger partial charge on any atom is -0.379 e. The minimum atomic E-state index is -3.51. The molecule has 45 heavy (non-hydrogen) atoms. The maximum atomic E-state index is 14.0. The molecule has 2 amide bonds. The fourth-order valence-electron chi connectivity index (χ4n) is 5.36. The number of carbonyl (C=O) groups is 2. The average Bonchev–Trinajstić information content (AvgIpc) is 3.59. The molecule has 1 aliphatic heterocycles. The SMILES string of the molecule is CC(C)OCCCNC(=O)[C@H](Cc1ccccc1)N(Cc1ccc(Cl)cc1)C(=O)CCc1ccc(S(=O)(=O)N2CCCC2)cc1. The Bertz CT molecular complexity index is 1480. The van der Waals surface area contributed by atoms with Crippen LogP contribution in [0.1, 0.15) is 56.2 Å². The molecule has 1 heterocycles. The van der Waals surface area contributed by atoms with Gasteiger partial charge in [0.1, 0.15) is 6.04 Å². The summed E-state index contributed by atoms with van der Waals surface area (Å²) in [7, 11) is -3.51. The van der Waals surface area contributed by atoms with Crippen LogP contribution in [0, 0.1) is 0 Å². The minimum absolute atomic E-state index is 0.115. The van der Waals surface area contributed by atoms with E-state index in [2.05, 4.69) is 5.32 Å². The van der Waals surface area contributed by atoms with Crippen molar-refractivity contribution < 1.29 is 22.7 Å². The number of halogens is 1. The predicted octanol–water partition coefficient (Wildman–Crippen LogP) is 5.63. The predicted molar refractivity (Wildman–Crippen MR) is 177 cm³/mol. The summed E-state index contributed by atoms with van der Waals surface area (Å²) in [4.78, 5) is 29.6. The molecule has 0 aromatic heterocycles. The Balaban J connectivity index is 1.52. The van der Waals surface area contributed by atoms with Gasteiger partial charge in [-0.3, -0.25) is 9.59 Å². The fraction of sp³-hybridized carbons (Fsp3) is 0.429. The average molecular weight is 654 g/mol. The molecule has 242 valence electrons. The normalized spacial score (nSPS) is 14.4. The molecule has 1 N–H and O–H groups in total. The number of hydrogen-bond acceptors (Lipinski definition) is 5. The van der Waals surface area contributed by atoms with Gasteiger partial charge >= 0.3 is 0 Å². The van der Waals surface area contributed by atoms with Crippen LogP contribution in [0.2, 0.25) is 5.02 Å². The highest BCUT2D eigenvalue weighted by molar-refractivity contribution is 7.89. The van der Waals surface area contributed by atoms with Crippen LogP contribution in [0.15, 0.2) is 83.8 Å². The van der Waals surface area contributed by atoms with Crippen molar-refractivity contribution in [3.63, 3.8) is 0 Å². The highest BCUT2D eigenvalue weighted by Gasteiger charge is 2.30. The molecule has 3 aromatic rings. The summed E-state index contributed by atoms with van der Waals surface area (Å²) in [5, 5.41) is 3.62. The van der Waals surface area contributed by atoms with E-state index < -0.39 is 16.1 Å². The zero-order chi connectivity index (χ0) is 32.2. The van der Waals surface area contributed by atoms with Crippen LogP contribution >= 0.6 is 11.6 Å². The van der Waals surface area contributed by atoms with Gasteiger partial charge in [0, 0.05) is 50.7 Å². The number of hydrogen-bond donors (Lipinski definition) is 1. The second kappa shape index (κ2) is 16.9. The molecule has 0 unspecified atom stereocenters. The Morgan fingerprint density at radius 2 is 1.56 bits per heavy atom. The number of nitrogens with zero attached hydrogens (tertiary/aromatic N) is 2. The van der Waals surface area contributed by atoms with Gasteiger partial charge in [-0.2, -0.15) is 4.31 Å². The monoisotopic (exact) mass is 653 g/mol. The van der Waals surface area contributed by atoms with E-state index in [1.165, 1.54) is 4.31 Å². The van der Waals surface area contributed by atoms with E-state index in [0.717, 1.165) is 29.5 Å². The van der Waals surface area contributed by atoms with E-state index in [1.54, 1.807) is 41.3 Å². The molecule has 0 spiro atoms. The smallest absolute Gasteiger partial charge is 0.243 e. The largest absolute Gasteiger partial charge is 0.379 e. The topological polar surface area (TPSA) is 96.0 Å². The highest BCUT2D eigenvalue weighted by atomic mass is 35.5. The van der Waals surface area contributed by atoms with Crippen LogP contribution < -0.4 is 5.32 Å². The zero-order valence-corrected chi connectivity index (χ0v) is 27.7. The van der Waals surface area contributed by atoms with Crippen LogP contribution in [-0.4, -0.2) is 67.8 Å². The van der Waals surface area contributed by atoms with Crippen LogP contribution in [0.25, 0.3) is 0 Å². The lowest BCUT2D eigenvalue weighted by Gasteiger charge is -2.32. The molecule has 8 nitrogen and oxygen atoms in total. The number of carbonyl (C=O) groups excluding carboxylic acids is 2. The molecule has 0 bridgehead atoms. The molecule has 1 atom stereocenters. The standard InChI is InChI=1S/C35H44ClN3O5S/c1-27(2)44-24-8-21-37-35(41)33(25-29-9-4-3-5-10-29)39(26-30-11-16-31(36)17-12-30)34(40)20-15-28-13-18-32(19-14-28)45(42,43)38-22-6-7-23-38/h3-5,9-14,16-19,27,33H,6-8,15,20-26H2,1-2H3,(H,37,41)/t33-/m0/s1. The van der Waals surface area contributed by atoms with E-state index in [0.29, 0.717) is 50.5 Å². The Morgan fingerprint density at radius 3 is 2.20 bits per heavy atom. The first kappa shape index (κ1) is 34.6. The molecule has 4 rings (SSSR count). The molecule has 3 aromatic carbocycles. The summed E-state index contributed by atoms with van der Waals surface area (Å²) in [5.74, 6) is -0.389. The van der Waals surface area contributed by atoms with Crippen molar-refractivity contribution in [1.82, 2.24) is 14.5 Å². The maximum absolute atomic E-state index is 14.0. The number of ether oxygens (including phenoxy) is 1. The zero-order valence-electron chi connectivity index (χ0n) is 26.2. The Kier molecular flexibility index (Phi) is 13.0. The van der Waals surface area contributed by atoms with Gasteiger partial charge in [-0.25, -0.2) is 8.42 Å². The van der Waals surface area contributed by atoms with E-state index in [-0.39, 0.29) is 35.8 Å². The van der Waals surface area contributed by atoms with Gasteiger partial charge in [0.05, 0.1) is 11.0 Å². The third kappa shape index (κ3) is 10.4. The molecule has 10 heteroatoms. The highest BCUT2D eigenvalue weighted by Crippen LogP contribution is 2.22. The lowest BCUT2D eigenvalue weighted by molar-refractivity contribution is -0.141. The van der Waals surface area contributed by atoms with Gasteiger partial charge in [0.15, 0.2) is 0 Å². The van der Waals surface area contributed by atoms with Gasteiger partial charge in [0.25, 0.3) is 0 Å². The van der Waals surface area contributed by atoms with Gasteiger partial charge in [0.2, 0.25) is 21.8 Å². The molecule has 0 radical (unpaired) electrons. The van der Waals surface area contributed by atoms with Crippen molar-refractivity contribution in [2.75, 3.05) is 26.2 Å². The first-order chi connectivity index (χ1) is 21.6. The second-order valence-electron chi connectivity index (χ2n) is 11.7. The van der Waals surface area contributed by atoms with Gasteiger partial charge in [-0.15, -0.1) is 0 Å². The first-order valence-electron chi connectivity index (χ1n) is 15.7. The molecule has 1 saturated heterocycles. The number of benzene rings is 3. The van der Waals surface area contributed by atoms with Crippen molar-refractivity contribution in [2.24, 2.45) is 0 Å². The summed E-state index contributed by atoms with van der Waals surface area (Å²) < 4.78 is 33.0. The summed E-state index contributed by atoms with van der Waals surface area (Å²) in [5.41, 5.74) is 2.66. The van der Waals surface area contributed by atoms with E-state index in [4.69, 9.17) is 16.3 Å². The van der Waals surface area contributed by atoms with E-state index in [9.17, 15) is 18.0 Å². The van der Waals surface area contributed by atoms with Gasteiger partial charge in [-0.1, -0.05) is 66.2 Å². The van der Waals surface area contributed by atoms with Crippen LogP contribution in [-0.2, 0) is 43.7 Å². The summed E-state index contributed by atoms with van der Waals surface area (Å²) in [6.07, 6.45) is 3.46. The fourth-order valence-corrected chi connectivity index (χ4v) is 7.00. The van der Waals surface area contributed by atoms with Crippen molar-refractivity contribution in [3.05, 3.63) is 101 Å². The number of sulfonamides is 1. The van der Waals surface area contributed by atoms with Crippen molar-refractivity contribution in [3.8, 4) is 0 Å². The first-order valence-corrected chi connectivity index (χ1v) is 17.5. The van der Waals surface area contributed by atoms with E-state index >= 15 is 0 Å². The third-order valence-electron chi connectivity index (χ3n) is 7.86. The van der Waals surface area contributed by atoms with E-state index in [1.807, 2.05) is 56.3 Å². The van der Waals surface area contributed by atoms with Crippen LogP contribution in [0.5, 0.6) is 0 Å². The number of rotatable bonds is 16. The molecule has 1 aliphatic rings. The van der Waals surface area contributed by atoms with Gasteiger partial charge < -0.3 is 15.0 Å². The lowest BCUT2D eigenvalue weighted by Crippen LogP contribution is -2.50. The molecule has 0 saturated carbocycles. The Hall–Kier alpha value is -3.24. The second-order valence-corrected chi connectivity index (χ2v) is 14.0. The molecular weight excluding hydrogens is 610 g/mol. The van der Waals surface area contributed by atoms with Crippen molar-refractivity contribution in [1.29, 1.82) is 0 Å². The molecule has 1 fully saturated rings. The number of nitrogens with one attached hydrogen (secondary N) is 1. The summed E-state index contributed by atoms with van der Waals surface area (Å²) in [6, 6.07) is 23.0. The van der Waals surface area contributed by atoms with Gasteiger partial charge in [-0.05, 0) is 80.5 Å². The third-order valence-corrected chi connectivity index (χ3v) is 10.0. The summed E-state index contributed by atoms with van der Waals surface area (Å²) in [6.45, 7) is 6.25. The summed E-state index contributed by atoms with van der Waals surface area (Å²) >= 11 is 6.13. The number of amides is 2. The van der Waals surface area contributed by atoms with Crippen molar-refractivity contribution in [2.45, 2.75) is 76.0 Å². The van der Waals surface area contributed by atoms with Crippen molar-refractivity contribution >= 4 is 33.4 Å². The van der Waals surface area contributed by atoms with Crippen LogP contribution in [0.3, 0.4) is 0 Å². The maximum Gasteiger partial charge on any atom is 0.243 e.